The number of aldehydes is 1. The third-order valence-electron chi connectivity index (χ3n) is 4.70. The topological polar surface area (TPSA) is 66.4 Å². The highest BCUT2D eigenvalue weighted by atomic mass is 35.5. The Bertz CT molecular complexity index is 706. The average Bonchev–Trinajstić information content (AvgIpc) is 3.29. The smallest absolute Gasteiger partial charge is 0.256 e. The zero-order valence-corrected chi connectivity index (χ0v) is 13.3. The monoisotopic (exact) mass is 319 g/mol. The van der Waals surface area contributed by atoms with Gasteiger partial charge in [-0.1, -0.05) is 18.5 Å². The third-order valence-corrected chi connectivity index (χ3v) is 4.91. The molecule has 1 heterocycles. The Morgan fingerprint density at radius 1 is 1.45 bits per heavy atom. The van der Waals surface area contributed by atoms with Crippen LogP contribution in [0.25, 0.3) is 5.57 Å². The van der Waals surface area contributed by atoms with Crippen molar-refractivity contribution in [2.75, 3.05) is 0 Å². The summed E-state index contributed by atoms with van der Waals surface area (Å²) in [5, 5.41) is 14.0. The number of hydrogen-bond acceptors (Lipinski definition) is 3. The van der Waals surface area contributed by atoms with Crippen LogP contribution >= 0.6 is 11.6 Å². The van der Waals surface area contributed by atoms with Crippen LogP contribution in [0.3, 0.4) is 0 Å². The van der Waals surface area contributed by atoms with E-state index in [4.69, 9.17) is 11.6 Å². The quantitative estimate of drug-likeness (QED) is 0.837. The molecule has 2 aliphatic rings. The van der Waals surface area contributed by atoms with Gasteiger partial charge in [0.15, 0.2) is 6.29 Å². The second-order valence-corrected chi connectivity index (χ2v) is 6.59. The lowest BCUT2D eigenvalue weighted by Gasteiger charge is -2.24. The van der Waals surface area contributed by atoms with Crippen LogP contribution in [0.2, 0.25) is 5.02 Å². The zero-order valence-electron chi connectivity index (χ0n) is 12.6. The number of aliphatic hydroxyl groups is 1. The minimum atomic E-state index is -0.725. The first-order valence-corrected chi connectivity index (χ1v) is 7.84. The molecule has 1 unspecified atom stereocenters. The maximum absolute atomic E-state index is 12.5. The van der Waals surface area contributed by atoms with E-state index in [0.717, 1.165) is 18.4 Å². The molecule has 1 saturated carbocycles. The molecule has 5 heteroatoms. The lowest BCUT2D eigenvalue weighted by atomic mass is 9.89. The maximum atomic E-state index is 12.5. The number of carbonyl (C=O) groups is 2. The van der Waals surface area contributed by atoms with Crippen LogP contribution in [-0.2, 0) is 11.2 Å². The first kappa shape index (κ1) is 15.1. The van der Waals surface area contributed by atoms with Crippen molar-refractivity contribution in [3.63, 3.8) is 0 Å². The second kappa shape index (κ2) is 5.13. The Labute approximate surface area is 134 Å². The van der Waals surface area contributed by atoms with E-state index >= 15 is 0 Å². The van der Waals surface area contributed by atoms with Gasteiger partial charge in [0.1, 0.15) is 5.76 Å². The fourth-order valence-corrected chi connectivity index (χ4v) is 3.53. The molecule has 0 spiro atoms. The molecule has 116 valence electrons. The van der Waals surface area contributed by atoms with Gasteiger partial charge in [-0.25, -0.2) is 0 Å². The summed E-state index contributed by atoms with van der Waals surface area (Å²) in [6.07, 6.45) is 3.26. The summed E-state index contributed by atoms with van der Waals surface area (Å²) in [4.78, 5) is 23.9. The van der Waals surface area contributed by atoms with Gasteiger partial charge in [0.2, 0.25) is 0 Å². The van der Waals surface area contributed by atoms with Crippen molar-refractivity contribution in [3.05, 3.63) is 39.6 Å². The molecule has 0 saturated heterocycles. The van der Waals surface area contributed by atoms with Gasteiger partial charge in [-0.15, -0.1) is 0 Å². The van der Waals surface area contributed by atoms with Gasteiger partial charge in [-0.2, -0.15) is 0 Å². The minimum absolute atomic E-state index is 0.0418. The van der Waals surface area contributed by atoms with E-state index in [1.165, 1.54) is 6.07 Å². The molecule has 22 heavy (non-hydrogen) atoms. The van der Waals surface area contributed by atoms with Crippen LogP contribution < -0.4 is 5.32 Å². The number of halogens is 1. The number of nitrogens with one attached hydrogen (secondary N) is 1. The molecule has 1 atom stereocenters. The first-order chi connectivity index (χ1) is 10.4. The van der Waals surface area contributed by atoms with E-state index in [0.29, 0.717) is 28.9 Å². The Morgan fingerprint density at radius 2 is 2.14 bits per heavy atom. The van der Waals surface area contributed by atoms with Crippen molar-refractivity contribution in [1.82, 2.24) is 5.32 Å². The van der Waals surface area contributed by atoms with Gasteiger partial charge in [0, 0.05) is 16.1 Å². The minimum Gasteiger partial charge on any atom is -0.509 e. The number of rotatable bonds is 4. The molecule has 0 aromatic heterocycles. The number of aryl methyl sites for hydroxylation is 1. The first-order valence-electron chi connectivity index (χ1n) is 7.46. The average molecular weight is 320 g/mol. The fourth-order valence-electron chi connectivity index (χ4n) is 3.28. The van der Waals surface area contributed by atoms with E-state index in [1.54, 1.807) is 6.07 Å². The van der Waals surface area contributed by atoms with Crippen molar-refractivity contribution in [1.29, 1.82) is 0 Å². The summed E-state index contributed by atoms with van der Waals surface area (Å²) in [6.45, 7) is 3.77. The number of aliphatic hydroxyl groups excluding tert-OH is 1. The Kier molecular flexibility index (Phi) is 3.52. The molecule has 1 fully saturated rings. The van der Waals surface area contributed by atoms with Gasteiger partial charge in [0.05, 0.1) is 11.1 Å². The van der Waals surface area contributed by atoms with Gasteiger partial charge in [-0.3, -0.25) is 9.59 Å². The fraction of sp³-hybridized carbons (Fsp3) is 0.412. The van der Waals surface area contributed by atoms with Crippen LogP contribution in [0.1, 0.15) is 48.2 Å². The Hall–Kier alpha value is -1.81. The van der Waals surface area contributed by atoms with E-state index in [9.17, 15) is 14.7 Å². The number of amides is 1. The number of carbonyl (C=O) groups excluding carboxylic acids is 2. The lowest BCUT2D eigenvalue weighted by Crippen LogP contribution is -2.43. The molecule has 1 amide bonds. The van der Waals surface area contributed by atoms with E-state index in [1.807, 2.05) is 13.8 Å². The van der Waals surface area contributed by atoms with Crippen molar-refractivity contribution >= 4 is 29.4 Å². The van der Waals surface area contributed by atoms with Crippen LogP contribution in [0.5, 0.6) is 0 Å². The van der Waals surface area contributed by atoms with Crippen LogP contribution in [0.15, 0.2) is 17.9 Å². The molecule has 0 radical (unpaired) electrons. The summed E-state index contributed by atoms with van der Waals surface area (Å²) in [7, 11) is 0. The van der Waals surface area contributed by atoms with E-state index < -0.39 is 5.54 Å². The predicted molar refractivity (Wildman–Crippen MR) is 85.0 cm³/mol. The summed E-state index contributed by atoms with van der Waals surface area (Å²) >= 11 is 6.04. The van der Waals surface area contributed by atoms with Crippen molar-refractivity contribution in [3.8, 4) is 0 Å². The van der Waals surface area contributed by atoms with Crippen molar-refractivity contribution in [2.45, 2.75) is 38.6 Å². The summed E-state index contributed by atoms with van der Waals surface area (Å²) in [6, 6.07) is 3.27. The zero-order chi connectivity index (χ0) is 16.1. The van der Waals surface area contributed by atoms with Crippen molar-refractivity contribution < 1.29 is 14.7 Å². The summed E-state index contributed by atoms with van der Waals surface area (Å²) in [5.41, 5.74) is 1.11. The van der Waals surface area contributed by atoms with Crippen molar-refractivity contribution in [2.24, 2.45) is 5.92 Å². The molecule has 1 aromatic rings. The SMILES string of the molecule is CCc1cc(Cl)cc(C=O)c1C1=C(O)C(C)(C2CC2)NC1=O. The molecule has 2 N–H and O–H groups in total. The van der Waals surface area contributed by atoms with Gasteiger partial charge in [0.25, 0.3) is 5.91 Å². The Morgan fingerprint density at radius 3 is 2.68 bits per heavy atom. The predicted octanol–water partition coefficient (Wildman–Crippen LogP) is 3.28. The molecular weight excluding hydrogens is 302 g/mol. The largest absolute Gasteiger partial charge is 0.509 e. The molecule has 1 aliphatic heterocycles. The molecule has 0 bridgehead atoms. The maximum Gasteiger partial charge on any atom is 0.256 e. The number of benzene rings is 1. The highest BCUT2D eigenvalue weighted by molar-refractivity contribution is 6.31. The molecule has 3 rings (SSSR count). The van der Waals surface area contributed by atoms with Gasteiger partial charge < -0.3 is 10.4 Å². The van der Waals surface area contributed by atoms with Crippen LogP contribution in [-0.4, -0.2) is 22.8 Å². The third kappa shape index (κ3) is 2.13. The molecule has 1 aliphatic carbocycles. The Balaban J connectivity index is 2.24. The molecule has 4 nitrogen and oxygen atoms in total. The van der Waals surface area contributed by atoms with Gasteiger partial charge in [-0.05, 0) is 49.8 Å². The van der Waals surface area contributed by atoms with Gasteiger partial charge >= 0.3 is 0 Å². The van der Waals surface area contributed by atoms with Crippen LogP contribution in [0.4, 0.5) is 0 Å². The molecular formula is C17H18ClNO3. The van der Waals surface area contributed by atoms with E-state index in [-0.39, 0.29) is 23.2 Å². The van der Waals surface area contributed by atoms with Crippen LogP contribution in [0, 0.1) is 5.92 Å². The number of hydrogen-bond donors (Lipinski definition) is 2. The summed E-state index contributed by atoms with van der Waals surface area (Å²) < 4.78 is 0. The normalized spacial score (nSPS) is 24.6. The summed E-state index contributed by atoms with van der Waals surface area (Å²) in [5.74, 6) is -0.0295. The highest BCUT2D eigenvalue weighted by Crippen LogP contribution is 2.48. The molecule has 1 aromatic carbocycles. The van der Waals surface area contributed by atoms with E-state index in [2.05, 4.69) is 5.32 Å². The highest BCUT2D eigenvalue weighted by Gasteiger charge is 2.52. The second-order valence-electron chi connectivity index (χ2n) is 6.15. The standard InChI is InChI=1S/C17H18ClNO3/c1-3-9-6-12(18)7-10(8-20)13(9)14-15(21)17(2,11-4-5-11)19-16(14)22/h6-8,11,21H,3-5H2,1-2H3,(H,19,22). The lowest BCUT2D eigenvalue weighted by molar-refractivity contribution is -0.116.